The normalized spacial score (nSPS) is 20.9. The third kappa shape index (κ3) is 2.80. The van der Waals surface area contributed by atoms with Crippen LogP contribution < -0.4 is 10.6 Å². The number of aromatic nitrogens is 2. The summed E-state index contributed by atoms with van der Waals surface area (Å²) in [4.78, 5) is 16.6. The van der Waals surface area contributed by atoms with Crippen molar-refractivity contribution in [3.63, 3.8) is 0 Å². The van der Waals surface area contributed by atoms with E-state index >= 15 is 0 Å². The van der Waals surface area contributed by atoms with E-state index in [1.807, 2.05) is 10.8 Å². The van der Waals surface area contributed by atoms with Gasteiger partial charge in [-0.1, -0.05) is 0 Å². The maximum Gasteiger partial charge on any atom is 0.271 e. The average molecular weight is 278 g/mol. The maximum atomic E-state index is 12.3. The van der Waals surface area contributed by atoms with E-state index in [4.69, 9.17) is 4.74 Å². The van der Waals surface area contributed by atoms with Crippen LogP contribution in [0.5, 0.6) is 0 Å². The number of nitrogens with zero attached hydrogens (tertiary/aromatic N) is 2. The molecule has 6 nitrogen and oxygen atoms in total. The van der Waals surface area contributed by atoms with Crippen LogP contribution in [0.15, 0.2) is 6.20 Å². The van der Waals surface area contributed by atoms with Gasteiger partial charge < -0.3 is 19.9 Å². The molecule has 0 radical (unpaired) electrons. The van der Waals surface area contributed by atoms with Gasteiger partial charge in [-0.25, -0.2) is 4.98 Å². The van der Waals surface area contributed by atoms with Crippen LogP contribution in [0.2, 0.25) is 0 Å². The topological polar surface area (TPSA) is 68.2 Å². The van der Waals surface area contributed by atoms with Gasteiger partial charge in [0.1, 0.15) is 5.69 Å². The number of carbonyl (C=O) groups excluding carboxylic acids is 1. The molecule has 110 valence electrons. The zero-order valence-electron chi connectivity index (χ0n) is 11.9. The van der Waals surface area contributed by atoms with Gasteiger partial charge in [-0.05, 0) is 32.1 Å². The van der Waals surface area contributed by atoms with E-state index in [9.17, 15) is 4.79 Å². The minimum absolute atomic E-state index is 0.0762. The predicted octanol–water partition coefficient (Wildman–Crippen LogP) is 1.24. The molecule has 0 bridgehead atoms. The number of anilines is 1. The summed E-state index contributed by atoms with van der Waals surface area (Å²) in [6.07, 6.45) is 4.95. The molecule has 1 aromatic heterocycles. The molecule has 6 heteroatoms. The lowest BCUT2D eigenvalue weighted by Gasteiger charge is -2.28. The summed E-state index contributed by atoms with van der Waals surface area (Å²) >= 11 is 0. The molecule has 2 N–H and O–H groups in total. The van der Waals surface area contributed by atoms with Crippen LogP contribution in [-0.2, 0) is 11.3 Å². The predicted molar refractivity (Wildman–Crippen MR) is 75.8 cm³/mol. The highest BCUT2D eigenvalue weighted by molar-refractivity contribution is 5.92. The van der Waals surface area contributed by atoms with Gasteiger partial charge >= 0.3 is 0 Å². The largest absolute Gasteiger partial charge is 0.381 e. The number of nitrogens with one attached hydrogen (secondary N) is 2. The Balaban J connectivity index is 1.62. The Morgan fingerprint density at radius 1 is 1.55 bits per heavy atom. The van der Waals surface area contributed by atoms with Crippen molar-refractivity contribution < 1.29 is 9.53 Å². The molecule has 0 spiro atoms. The van der Waals surface area contributed by atoms with Crippen molar-refractivity contribution in [1.82, 2.24) is 14.9 Å². The molecule has 1 fully saturated rings. The van der Waals surface area contributed by atoms with Crippen molar-refractivity contribution in [1.29, 1.82) is 0 Å². The molecule has 3 heterocycles. The lowest BCUT2D eigenvalue weighted by atomic mass is 9.93. The van der Waals surface area contributed by atoms with E-state index in [1.54, 1.807) is 0 Å². The smallest absolute Gasteiger partial charge is 0.271 e. The summed E-state index contributed by atoms with van der Waals surface area (Å²) in [5.74, 6) is 1.23. The molecule has 1 saturated heterocycles. The first-order chi connectivity index (χ1) is 9.74. The third-order valence-electron chi connectivity index (χ3n) is 4.20. The Kier molecular flexibility index (Phi) is 3.91. The van der Waals surface area contributed by atoms with Crippen LogP contribution in [-0.4, -0.2) is 41.3 Å². The van der Waals surface area contributed by atoms with Crippen LogP contribution in [0, 0.1) is 5.92 Å². The lowest BCUT2D eigenvalue weighted by molar-refractivity contribution is 0.0537. The molecule has 20 heavy (non-hydrogen) atoms. The van der Waals surface area contributed by atoms with Crippen molar-refractivity contribution in [2.24, 2.45) is 5.92 Å². The summed E-state index contributed by atoms with van der Waals surface area (Å²) in [5.41, 5.74) is 0.508. The summed E-state index contributed by atoms with van der Waals surface area (Å²) in [6, 6.07) is 0.165. The van der Waals surface area contributed by atoms with E-state index in [1.165, 1.54) is 0 Å². The first-order valence-corrected chi connectivity index (χ1v) is 7.43. The van der Waals surface area contributed by atoms with E-state index in [2.05, 4.69) is 22.5 Å². The Labute approximate surface area is 118 Å². The molecule has 3 rings (SSSR count). The van der Waals surface area contributed by atoms with Crippen LogP contribution >= 0.6 is 0 Å². The van der Waals surface area contributed by atoms with Crippen molar-refractivity contribution in [2.45, 2.75) is 38.8 Å². The molecule has 2 aliphatic rings. The maximum absolute atomic E-state index is 12.3. The Hall–Kier alpha value is -1.56. The Morgan fingerprint density at radius 3 is 3.10 bits per heavy atom. The fourth-order valence-electron chi connectivity index (χ4n) is 2.90. The first kappa shape index (κ1) is 13.4. The van der Waals surface area contributed by atoms with Gasteiger partial charge in [-0.3, -0.25) is 4.79 Å². The van der Waals surface area contributed by atoms with Crippen molar-refractivity contribution in [2.75, 3.05) is 25.1 Å². The molecule has 2 aliphatic heterocycles. The second-order valence-electron chi connectivity index (χ2n) is 5.64. The van der Waals surface area contributed by atoms with Gasteiger partial charge in [0.25, 0.3) is 5.91 Å². The summed E-state index contributed by atoms with van der Waals surface area (Å²) in [5, 5.41) is 6.29. The standard InChI is InChI=1S/C14H22N4O2/c1-10(11-3-7-20-8-4-11)16-13(19)12-9-18-6-2-5-15-14(18)17-12/h9-11H,2-8H2,1H3,(H,15,17)(H,16,19). The van der Waals surface area contributed by atoms with E-state index < -0.39 is 0 Å². The molecule has 1 aromatic rings. The molecular formula is C14H22N4O2. The van der Waals surface area contributed by atoms with E-state index in [0.29, 0.717) is 11.6 Å². The van der Waals surface area contributed by atoms with Crippen molar-refractivity contribution in [3.8, 4) is 0 Å². The molecule has 1 amide bonds. The fraction of sp³-hybridized carbons (Fsp3) is 0.714. The zero-order chi connectivity index (χ0) is 13.9. The molecular weight excluding hydrogens is 256 g/mol. The number of hydrogen-bond donors (Lipinski definition) is 2. The van der Waals surface area contributed by atoms with Gasteiger partial charge in [0, 0.05) is 38.5 Å². The number of carbonyl (C=O) groups is 1. The van der Waals surface area contributed by atoms with Gasteiger partial charge in [-0.15, -0.1) is 0 Å². The third-order valence-corrected chi connectivity index (χ3v) is 4.20. The lowest BCUT2D eigenvalue weighted by Crippen LogP contribution is -2.40. The summed E-state index contributed by atoms with van der Waals surface area (Å²) in [7, 11) is 0. The molecule has 1 atom stereocenters. The number of amides is 1. The highest BCUT2D eigenvalue weighted by Gasteiger charge is 2.24. The van der Waals surface area contributed by atoms with E-state index in [0.717, 1.165) is 51.5 Å². The molecule has 0 aromatic carbocycles. The SMILES string of the molecule is CC(NC(=O)c1cn2c(n1)NCCC2)C1CCOCC1. The summed E-state index contributed by atoms with van der Waals surface area (Å²) < 4.78 is 7.37. The average Bonchev–Trinajstić information content (AvgIpc) is 2.92. The van der Waals surface area contributed by atoms with Crippen molar-refractivity contribution >= 4 is 11.9 Å². The Bertz CT molecular complexity index is 456. The van der Waals surface area contributed by atoms with Crippen LogP contribution in [0.4, 0.5) is 5.95 Å². The van der Waals surface area contributed by atoms with Crippen LogP contribution in [0.3, 0.4) is 0 Å². The van der Waals surface area contributed by atoms with E-state index in [-0.39, 0.29) is 11.9 Å². The number of imidazole rings is 1. The number of ether oxygens (including phenoxy) is 1. The quantitative estimate of drug-likeness (QED) is 0.873. The number of fused-ring (bicyclic) bond motifs is 1. The minimum Gasteiger partial charge on any atom is -0.381 e. The van der Waals surface area contributed by atoms with Crippen LogP contribution in [0.25, 0.3) is 0 Å². The monoisotopic (exact) mass is 278 g/mol. The first-order valence-electron chi connectivity index (χ1n) is 7.43. The van der Waals surface area contributed by atoms with Gasteiger partial charge in [0.15, 0.2) is 0 Å². The second-order valence-corrected chi connectivity index (χ2v) is 5.64. The van der Waals surface area contributed by atoms with Crippen LogP contribution in [0.1, 0.15) is 36.7 Å². The molecule has 0 aliphatic carbocycles. The number of aryl methyl sites for hydroxylation is 1. The highest BCUT2D eigenvalue weighted by atomic mass is 16.5. The Morgan fingerprint density at radius 2 is 2.35 bits per heavy atom. The highest BCUT2D eigenvalue weighted by Crippen LogP contribution is 2.19. The van der Waals surface area contributed by atoms with Gasteiger partial charge in [0.2, 0.25) is 5.95 Å². The molecule has 0 saturated carbocycles. The van der Waals surface area contributed by atoms with Gasteiger partial charge in [0.05, 0.1) is 0 Å². The minimum atomic E-state index is -0.0762. The van der Waals surface area contributed by atoms with Crippen molar-refractivity contribution in [3.05, 3.63) is 11.9 Å². The number of hydrogen-bond acceptors (Lipinski definition) is 4. The fourth-order valence-corrected chi connectivity index (χ4v) is 2.90. The molecule has 1 unspecified atom stereocenters. The zero-order valence-corrected chi connectivity index (χ0v) is 11.9. The number of rotatable bonds is 3. The summed E-state index contributed by atoms with van der Waals surface area (Å²) in [6.45, 7) is 5.53. The van der Waals surface area contributed by atoms with Gasteiger partial charge in [-0.2, -0.15) is 0 Å². The second kappa shape index (κ2) is 5.83.